The number of piperazine rings is 1. The van der Waals surface area contributed by atoms with E-state index in [9.17, 15) is 0 Å². The van der Waals surface area contributed by atoms with Crippen molar-refractivity contribution in [1.82, 2.24) is 10.2 Å². The van der Waals surface area contributed by atoms with Crippen LogP contribution in [0.3, 0.4) is 0 Å². The van der Waals surface area contributed by atoms with Crippen LogP contribution >= 0.6 is 0 Å². The molecule has 0 bridgehead atoms. The van der Waals surface area contributed by atoms with Gasteiger partial charge in [0.1, 0.15) is 0 Å². The van der Waals surface area contributed by atoms with E-state index in [1.165, 1.54) is 18.4 Å². The van der Waals surface area contributed by atoms with Gasteiger partial charge in [-0.25, -0.2) is 0 Å². The second kappa shape index (κ2) is 9.19. The van der Waals surface area contributed by atoms with Gasteiger partial charge in [0.2, 0.25) is 0 Å². The number of nitrogens with zero attached hydrogens (tertiary/aromatic N) is 1. The fourth-order valence-electron chi connectivity index (χ4n) is 3.18. The van der Waals surface area contributed by atoms with Gasteiger partial charge in [0.05, 0.1) is 6.61 Å². The van der Waals surface area contributed by atoms with Crippen LogP contribution in [-0.4, -0.2) is 49.8 Å². The summed E-state index contributed by atoms with van der Waals surface area (Å²) in [4.78, 5) is 2.63. The third kappa shape index (κ3) is 5.42. The van der Waals surface area contributed by atoms with E-state index in [4.69, 9.17) is 4.74 Å². The van der Waals surface area contributed by atoms with Crippen molar-refractivity contribution in [3.63, 3.8) is 0 Å². The number of rotatable bonds is 8. The molecule has 0 aliphatic carbocycles. The Labute approximate surface area is 129 Å². The molecule has 3 nitrogen and oxygen atoms in total. The first-order chi connectivity index (χ1) is 10.3. The van der Waals surface area contributed by atoms with Crippen LogP contribution in [0.15, 0.2) is 30.3 Å². The Kier molecular flexibility index (Phi) is 7.20. The van der Waals surface area contributed by atoms with Crippen LogP contribution in [0.25, 0.3) is 0 Å². The summed E-state index contributed by atoms with van der Waals surface area (Å²) in [7, 11) is 0. The highest BCUT2D eigenvalue weighted by Gasteiger charge is 2.26. The van der Waals surface area contributed by atoms with Crippen LogP contribution in [0.5, 0.6) is 0 Å². The third-order valence-corrected chi connectivity index (χ3v) is 4.29. The van der Waals surface area contributed by atoms with Crippen LogP contribution in [0.4, 0.5) is 0 Å². The van der Waals surface area contributed by atoms with Crippen molar-refractivity contribution in [2.24, 2.45) is 0 Å². The molecule has 1 aromatic carbocycles. The van der Waals surface area contributed by atoms with Gasteiger partial charge in [0.15, 0.2) is 0 Å². The van der Waals surface area contributed by atoms with Gasteiger partial charge in [0.25, 0.3) is 0 Å². The minimum absolute atomic E-state index is 0.558. The molecule has 1 aromatic rings. The molecule has 118 valence electrons. The summed E-state index contributed by atoms with van der Waals surface area (Å²) in [5, 5.41) is 3.74. The van der Waals surface area contributed by atoms with Gasteiger partial charge in [-0.1, -0.05) is 43.7 Å². The first-order valence-electron chi connectivity index (χ1n) is 8.42. The molecular formula is C18H30N2O. The molecule has 0 aromatic heterocycles. The summed E-state index contributed by atoms with van der Waals surface area (Å²) in [6.07, 6.45) is 3.64. The smallest absolute Gasteiger partial charge is 0.0593 e. The molecule has 0 amide bonds. The summed E-state index contributed by atoms with van der Waals surface area (Å²) in [5.74, 6) is 0. The Balaban J connectivity index is 1.87. The highest BCUT2D eigenvalue weighted by atomic mass is 16.5. The Bertz CT molecular complexity index is 382. The molecule has 1 N–H and O–H groups in total. The predicted molar refractivity (Wildman–Crippen MR) is 88.7 cm³/mol. The fraction of sp³-hybridized carbons (Fsp3) is 0.667. The number of hydrogen-bond acceptors (Lipinski definition) is 3. The van der Waals surface area contributed by atoms with E-state index in [1.54, 1.807) is 0 Å². The zero-order valence-electron chi connectivity index (χ0n) is 13.6. The average molecular weight is 290 g/mol. The monoisotopic (exact) mass is 290 g/mol. The Hall–Kier alpha value is -0.900. The predicted octanol–water partition coefficient (Wildman–Crippen LogP) is 2.71. The van der Waals surface area contributed by atoms with E-state index in [1.807, 2.05) is 0 Å². The molecule has 1 fully saturated rings. The van der Waals surface area contributed by atoms with E-state index in [2.05, 4.69) is 54.4 Å². The maximum atomic E-state index is 5.55. The maximum absolute atomic E-state index is 5.55. The highest BCUT2D eigenvalue weighted by molar-refractivity contribution is 5.16. The Morgan fingerprint density at radius 2 is 2.05 bits per heavy atom. The third-order valence-electron chi connectivity index (χ3n) is 4.29. The van der Waals surface area contributed by atoms with Gasteiger partial charge in [-0.15, -0.1) is 0 Å². The summed E-state index contributed by atoms with van der Waals surface area (Å²) in [6, 6.07) is 12.0. The van der Waals surface area contributed by atoms with Crippen molar-refractivity contribution >= 4 is 0 Å². The lowest BCUT2D eigenvalue weighted by molar-refractivity contribution is 0.0670. The second-order valence-corrected chi connectivity index (χ2v) is 5.93. The summed E-state index contributed by atoms with van der Waals surface area (Å²) in [5.41, 5.74) is 1.42. The van der Waals surface area contributed by atoms with E-state index in [0.29, 0.717) is 12.1 Å². The van der Waals surface area contributed by atoms with Crippen molar-refractivity contribution in [3.8, 4) is 0 Å². The number of hydrogen-bond donors (Lipinski definition) is 1. The maximum Gasteiger partial charge on any atom is 0.0593 e. The molecular weight excluding hydrogens is 260 g/mol. The van der Waals surface area contributed by atoms with Gasteiger partial charge >= 0.3 is 0 Å². The van der Waals surface area contributed by atoms with E-state index in [0.717, 1.165) is 39.3 Å². The van der Waals surface area contributed by atoms with E-state index < -0.39 is 0 Å². The number of ether oxygens (including phenoxy) is 1. The number of nitrogens with one attached hydrogen (secondary N) is 1. The molecule has 1 heterocycles. The van der Waals surface area contributed by atoms with Gasteiger partial charge in [0, 0.05) is 38.3 Å². The molecule has 0 saturated carbocycles. The van der Waals surface area contributed by atoms with Crippen LogP contribution in [0.1, 0.15) is 32.3 Å². The SMILES string of the molecule is CCCC1CNC(Cc2ccccc2)CN1CCOCC. The Morgan fingerprint density at radius 3 is 2.76 bits per heavy atom. The van der Waals surface area contributed by atoms with Gasteiger partial charge < -0.3 is 10.1 Å². The van der Waals surface area contributed by atoms with E-state index in [-0.39, 0.29) is 0 Å². The van der Waals surface area contributed by atoms with Crippen molar-refractivity contribution in [2.45, 2.75) is 45.2 Å². The summed E-state index contributed by atoms with van der Waals surface area (Å²) < 4.78 is 5.55. The minimum Gasteiger partial charge on any atom is -0.380 e. The van der Waals surface area contributed by atoms with Crippen LogP contribution < -0.4 is 5.32 Å². The first kappa shape index (κ1) is 16.5. The molecule has 3 heteroatoms. The zero-order chi connectivity index (χ0) is 14.9. The summed E-state index contributed by atoms with van der Waals surface area (Å²) in [6.45, 7) is 9.32. The van der Waals surface area contributed by atoms with Gasteiger partial charge in [-0.05, 0) is 25.3 Å². The molecule has 1 aliphatic rings. The molecule has 2 unspecified atom stereocenters. The van der Waals surface area contributed by atoms with Crippen LogP contribution in [0.2, 0.25) is 0 Å². The normalized spacial score (nSPS) is 23.3. The second-order valence-electron chi connectivity index (χ2n) is 5.93. The number of benzene rings is 1. The molecule has 1 saturated heterocycles. The van der Waals surface area contributed by atoms with Crippen molar-refractivity contribution in [2.75, 3.05) is 32.8 Å². The molecule has 0 spiro atoms. The average Bonchev–Trinajstić information content (AvgIpc) is 2.51. The molecule has 2 rings (SSSR count). The lowest BCUT2D eigenvalue weighted by atomic mass is 10.00. The quantitative estimate of drug-likeness (QED) is 0.745. The van der Waals surface area contributed by atoms with Gasteiger partial charge in [-0.3, -0.25) is 4.90 Å². The van der Waals surface area contributed by atoms with Crippen molar-refractivity contribution in [3.05, 3.63) is 35.9 Å². The first-order valence-corrected chi connectivity index (χ1v) is 8.42. The molecule has 21 heavy (non-hydrogen) atoms. The standard InChI is InChI=1S/C18H30N2O/c1-3-8-18-14-19-17(13-16-9-6-5-7-10-16)15-20(18)11-12-21-4-2/h5-7,9-10,17-19H,3-4,8,11-15H2,1-2H3. The molecule has 0 radical (unpaired) electrons. The fourth-order valence-corrected chi connectivity index (χ4v) is 3.18. The van der Waals surface area contributed by atoms with Crippen LogP contribution in [0, 0.1) is 0 Å². The van der Waals surface area contributed by atoms with Crippen molar-refractivity contribution < 1.29 is 4.74 Å². The highest BCUT2D eigenvalue weighted by Crippen LogP contribution is 2.15. The Morgan fingerprint density at radius 1 is 1.24 bits per heavy atom. The summed E-state index contributed by atoms with van der Waals surface area (Å²) >= 11 is 0. The lowest BCUT2D eigenvalue weighted by Crippen LogP contribution is -2.57. The molecule has 1 aliphatic heterocycles. The van der Waals surface area contributed by atoms with Crippen molar-refractivity contribution in [1.29, 1.82) is 0 Å². The topological polar surface area (TPSA) is 24.5 Å². The lowest BCUT2D eigenvalue weighted by Gasteiger charge is -2.40. The minimum atomic E-state index is 0.558. The zero-order valence-corrected chi connectivity index (χ0v) is 13.6. The van der Waals surface area contributed by atoms with E-state index >= 15 is 0 Å². The largest absolute Gasteiger partial charge is 0.380 e. The van der Waals surface area contributed by atoms with Crippen LogP contribution in [-0.2, 0) is 11.2 Å². The molecule has 2 atom stereocenters. The van der Waals surface area contributed by atoms with Gasteiger partial charge in [-0.2, -0.15) is 0 Å².